The van der Waals surface area contributed by atoms with Crippen molar-refractivity contribution in [3.8, 4) is 0 Å². The molecule has 0 aliphatic carbocycles. The number of hydrogen-bond donors (Lipinski definition) is 2. The molecule has 0 heterocycles. The Balaban J connectivity index is 0.00000484. The fraction of sp³-hybridized carbons (Fsp3) is 0.556. The van der Waals surface area contributed by atoms with Crippen molar-refractivity contribution in [2.45, 2.75) is 46.1 Å². The Morgan fingerprint density at radius 3 is 2.17 bits per heavy atom. The molecule has 0 aliphatic rings. The highest BCUT2D eigenvalue weighted by Crippen LogP contribution is 2.11. The summed E-state index contributed by atoms with van der Waals surface area (Å²) in [6.45, 7) is 6.91. The van der Waals surface area contributed by atoms with E-state index in [2.05, 4.69) is 24.5 Å². The fourth-order valence-corrected chi connectivity index (χ4v) is 2.13. The number of hydrogen-bond acceptors (Lipinski definition) is 3. The largest absolute Gasteiger partial charge is 0.355 e. The van der Waals surface area contributed by atoms with Crippen LogP contribution in [0.1, 0.15) is 49.5 Å². The second-order valence-electron chi connectivity index (χ2n) is 6.21. The van der Waals surface area contributed by atoms with Crippen molar-refractivity contribution in [1.29, 1.82) is 0 Å². The van der Waals surface area contributed by atoms with E-state index in [4.69, 9.17) is 0 Å². The van der Waals surface area contributed by atoms with Crippen LogP contribution in [0.2, 0.25) is 0 Å². The standard InChI is InChI=1S/C18H28N2O2.ClH/c1-13(2)11-15-5-7-16(8-6-15)17(21)9-10-18(22)20-12-14(3)19-4;/h5-8,13-14,19H,9-12H2,1-4H3,(H,20,22);1H. The molecule has 1 unspecified atom stereocenters. The molecule has 130 valence electrons. The lowest BCUT2D eigenvalue weighted by atomic mass is 9.99. The normalized spacial score (nSPS) is 11.7. The Hall–Kier alpha value is -1.39. The van der Waals surface area contributed by atoms with Crippen molar-refractivity contribution in [3.05, 3.63) is 35.4 Å². The second-order valence-corrected chi connectivity index (χ2v) is 6.21. The molecule has 1 rings (SSSR count). The van der Waals surface area contributed by atoms with E-state index >= 15 is 0 Å². The quantitative estimate of drug-likeness (QED) is 0.679. The van der Waals surface area contributed by atoms with Gasteiger partial charge in [-0.1, -0.05) is 38.1 Å². The lowest BCUT2D eigenvalue weighted by Gasteiger charge is -2.11. The number of likely N-dealkylation sites (N-methyl/N-ethyl adjacent to an activating group) is 1. The average molecular weight is 341 g/mol. The number of benzene rings is 1. The molecule has 1 aromatic rings. The number of carbonyl (C=O) groups excluding carboxylic acids is 2. The topological polar surface area (TPSA) is 58.2 Å². The van der Waals surface area contributed by atoms with Gasteiger partial charge in [-0.3, -0.25) is 9.59 Å². The minimum absolute atomic E-state index is 0. The summed E-state index contributed by atoms with van der Waals surface area (Å²) in [4.78, 5) is 23.8. The van der Waals surface area contributed by atoms with E-state index in [1.165, 1.54) is 5.56 Å². The van der Waals surface area contributed by atoms with Crippen LogP contribution in [-0.2, 0) is 11.2 Å². The van der Waals surface area contributed by atoms with Gasteiger partial charge < -0.3 is 10.6 Å². The first-order chi connectivity index (χ1) is 10.4. The zero-order chi connectivity index (χ0) is 16.5. The molecular weight excluding hydrogens is 312 g/mol. The SMILES string of the molecule is CNC(C)CNC(=O)CCC(=O)c1ccc(CC(C)C)cc1.Cl. The number of Topliss-reactive ketones (excluding diaryl/α,β-unsaturated/α-hetero) is 1. The number of ketones is 1. The molecule has 23 heavy (non-hydrogen) atoms. The van der Waals surface area contributed by atoms with Crippen LogP contribution in [0.3, 0.4) is 0 Å². The Labute approximate surface area is 145 Å². The summed E-state index contributed by atoms with van der Waals surface area (Å²) >= 11 is 0. The van der Waals surface area contributed by atoms with E-state index in [1.807, 2.05) is 38.2 Å². The van der Waals surface area contributed by atoms with Crippen LogP contribution in [-0.4, -0.2) is 31.3 Å². The molecule has 0 saturated heterocycles. The first kappa shape index (κ1) is 21.6. The van der Waals surface area contributed by atoms with Gasteiger partial charge in [0, 0.05) is 31.0 Å². The Morgan fingerprint density at radius 1 is 1.04 bits per heavy atom. The van der Waals surface area contributed by atoms with Crippen molar-refractivity contribution in [3.63, 3.8) is 0 Å². The summed E-state index contributed by atoms with van der Waals surface area (Å²) in [7, 11) is 1.85. The summed E-state index contributed by atoms with van der Waals surface area (Å²) < 4.78 is 0. The van der Waals surface area contributed by atoms with Gasteiger partial charge in [0.2, 0.25) is 5.91 Å². The molecule has 0 radical (unpaired) electrons. The van der Waals surface area contributed by atoms with Crippen molar-refractivity contribution >= 4 is 24.1 Å². The smallest absolute Gasteiger partial charge is 0.220 e. The number of carbonyl (C=O) groups is 2. The molecule has 0 aromatic heterocycles. The molecule has 1 atom stereocenters. The van der Waals surface area contributed by atoms with Crippen molar-refractivity contribution in [1.82, 2.24) is 10.6 Å². The fourth-order valence-electron chi connectivity index (χ4n) is 2.13. The Morgan fingerprint density at radius 2 is 1.65 bits per heavy atom. The monoisotopic (exact) mass is 340 g/mol. The third kappa shape index (κ3) is 8.72. The Kier molecular flexibility index (Phi) is 10.5. The lowest BCUT2D eigenvalue weighted by Crippen LogP contribution is -2.37. The van der Waals surface area contributed by atoms with Gasteiger partial charge >= 0.3 is 0 Å². The zero-order valence-corrected chi connectivity index (χ0v) is 15.3. The van der Waals surface area contributed by atoms with Gasteiger partial charge in [0.25, 0.3) is 0 Å². The maximum absolute atomic E-state index is 12.1. The maximum Gasteiger partial charge on any atom is 0.220 e. The zero-order valence-electron chi connectivity index (χ0n) is 14.5. The third-order valence-electron chi connectivity index (χ3n) is 3.60. The molecule has 0 aliphatic heterocycles. The van der Waals surface area contributed by atoms with E-state index in [9.17, 15) is 9.59 Å². The van der Waals surface area contributed by atoms with Gasteiger partial charge in [-0.05, 0) is 31.9 Å². The van der Waals surface area contributed by atoms with E-state index in [1.54, 1.807) is 0 Å². The molecule has 5 heteroatoms. The van der Waals surface area contributed by atoms with Crippen molar-refractivity contribution in [2.75, 3.05) is 13.6 Å². The lowest BCUT2D eigenvalue weighted by molar-refractivity contribution is -0.121. The van der Waals surface area contributed by atoms with Gasteiger partial charge in [0.15, 0.2) is 5.78 Å². The maximum atomic E-state index is 12.1. The van der Waals surface area contributed by atoms with Crippen LogP contribution in [0.4, 0.5) is 0 Å². The van der Waals surface area contributed by atoms with Gasteiger partial charge in [-0.25, -0.2) is 0 Å². The summed E-state index contributed by atoms with van der Waals surface area (Å²) in [5.41, 5.74) is 1.93. The van der Waals surface area contributed by atoms with Crippen LogP contribution >= 0.6 is 12.4 Å². The molecular formula is C18H29ClN2O2. The summed E-state index contributed by atoms with van der Waals surface area (Å²) in [6, 6.07) is 7.96. The van der Waals surface area contributed by atoms with E-state index in [0.717, 1.165) is 6.42 Å². The molecule has 2 N–H and O–H groups in total. The molecule has 0 saturated carbocycles. The number of halogens is 1. The first-order valence-electron chi connectivity index (χ1n) is 7.98. The summed E-state index contributed by atoms with van der Waals surface area (Å²) in [5.74, 6) is 0.546. The molecule has 4 nitrogen and oxygen atoms in total. The predicted octanol–water partition coefficient (Wildman–Crippen LogP) is 2.99. The molecule has 0 fully saturated rings. The highest BCUT2D eigenvalue weighted by molar-refractivity contribution is 5.97. The Bertz CT molecular complexity index is 486. The molecule has 1 amide bonds. The van der Waals surface area contributed by atoms with E-state index in [-0.39, 0.29) is 43.0 Å². The molecule has 1 aromatic carbocycles. The van der Waals surface area contributed by atoms with Gasteiger partial charge in [-0.2, -0.15) is 0 Å². The highest BCUT2D eigenvalue weighted by atomic mass is 35.5. The minimum atomic E-state index is -0.0770. The van der Waals surface area contributed by atoms with Crippen LogP contribution in [0.25, 0.3) is 0 Å². The number of rotatable bonds is 9. The summed E-state index contributed by atoms with van der Waals surface area (Å²) in [5, 5.41) is 5.87. The second kappa shape index (κ2) is 11.2. The predicted molar refractivity (Wildman–Crippen MR) is 97.3 cm³/mol. The van der Waals surface area contributed by atoms with Crippen LogP contribution in [0, 0.1) is 5.92 Å². The van der Waals surface area contributed by atoms with Crippen LogP contribution < -0.4 is 10.6 Å². The minimum Gasteiger partial charge on any atom is -0.355 e. The number of nitrogens with one attached hydrogen (secondary N) is 2. The van der Waals surface area contributed by atoms with Gasteiger partial charge in [0.05, 0.1) is 0 Å². The third-order valence-corrected chi connectivity index (χ3v) is 3.60. The van der Waals surface area contributed by atoms with Crippen LogP contribution in [0.15, 0.2) is 24.3 Å². The van der Waals surface area contributed by atoms with Gasteiger partial charge in [-0.15, -0.1) is 12.4 Å². The molecule has 0 bridgehead atoms. The van der Waals surface area contributed by atoms with Crippen molar-refractivity contribution in [2.24, 2.45) is 5.92 Å². The average Bonchev–Trinajstić information content (AvgIpc) is 2.50. The number of amides is 1. The highest BCUT2D eigenvalue weighted by Gasteiger charge is 2.10. The summed E-state index contributed by atoms with van der Waals surface area (Å²) in [6.07, 6.45) is 1.51. The van der Waals surface area contributed by atoms with Crippen molar-refractivity contribution < 1.29 is 9.59 Å². The van der Waals surface area contributed by atoms with Gasteiger partial charge in [0.1, 0.15) is 0 Å². The molecule has 0 spiro atoms. The first-order valence-corrected chi connectivity index (χ1v) is 7.98. The van der Waals surface area contributed by atoms with E-state index in [0.29, 0.717) is 18.0 Å². The van der Waals surface area contributed by atoms with Crippen LogP contribution in [0.5, 0.6) is 0 Å². The van der Waals surface area contributed by atoms with E-state index < -0.39 is 0 Å².